The number of hydrogen-bond donors (Lipinski definition) is 1. The molecule has 2 rings (SSSR count). The van der Waals surface area contributed by atoms with Crippen molar-refractivity contribution >= 4 is 33.9 Å². The summed E-state index contributed by atoms with van der Waals surface area (Å²) in [5.74, 6) is 1.30. The van der Waals surface area contributed by atoms with Gasteiger partial charge < -0.3 is 5.32 Å². The number of nitrogens with one attached hydrogen (secondary N) is 1. The van der Waals surface area contributed by atoms with Crippen LogP contribution in [0.1, 0.15) is 32.3 Å². The predicted molar refractivity (Wildman–Crippen MR) is 89.2 cm³/mol. The van der Waals surface area contributed by atoms with Gasteiger partial charge in [-0.2, -0.15) is 5.26 Å². The van der Waals surface area contributed by atoms with Crippen LogP contribution in [0.5, 0.6) is 0 Å². The van der Waals surface area contributed by atoms with Crippen LogP contribution in [-0.4, -0.2) is 16.0 Å². The van der Waals surface area contributed by atoms with Gasteiger partial charge in [0.05, 0.1) is 12.0 Å². The van der Waals surface area contributed by atoms with Crippen molar-refractivity contribution in [1.29, 1.82) is 5.26 Å². The molecule has 0 bridgehead atoms. The molecule has 4 nitrogen and oxygen atoms in total. The molecule has 1 aromatic carbocycles. The highest BCUT2D eigenvalue weighted by atomic mass is 32.2. The topological polar surface area (TPSA) is 61.6 Å². The maximum atomic E-state index is 8.77. The smallest absolute Gasteiger partial charge is 0.210 e. The van der Waals surface area contributed by atoms with Crippen LogP contribution in [0.3, 0.4) is 0 Å². The van der Waals surface area contributed by atoms with Crippen LogP contribution >= 0.6 is 23.1 Å². The Morgan fingerprint density at radius 2 is 1.95 bits per heavy atom. The van der Waals surface area contributed by atoms with E-state index in [-0.39, 0.29) is 5.92 Å². The summed E-state index contributed by atoms with van der Waals surface area (Å²) in [6.07, 6.45) is 0. The lowest BCUT2D eigenvalue weighted by Crippen LogP contribution is -1.92. The van der Waals surface area contributed by atoms with Crippen molar-refractivity contribution in [2.24, 2.45) is 5.92 Å². The molecule has 0 aliphatic heterocycles. The van der Waals surface area contributed by atoms with Gasteiger partial charge in [0.15, 0.2) is 4.34 Å². The Hall–Kier alpha value is -1.58. The molecule has 2 aromatic rings. The van der Waals surface area contributed by atoms with Gasteiger partial charge in [-0.15, -0.1) is 10.2 Å². The molecule has 0 saturated heterocycles. The average molecular weight is 318 g/mol. The quantitative estimate of drug-likeness (QED) is 0.785. The molecule has 0 aliphatic rings. The summed E-state index contributed by atoms with van der Waals surface area (Å²) in [5.41, 5.74) is 2.33. The summed E-state index contributed by atoms with van der Waals surface area (Å²) in [6, 6.07) is 10.6. The van der Waals surface area contributed by atoms with Crippen molar-refractivity contribution in [3.05, 3.63) is 29.8 Å². The van der Waals surface area contributed by atoms with E-state index in [9.17, 15) is 0 Å². The fourth-order valence-electron chi connectivity index (χ4n) is 1.63. The molecule has 0 amide bonds. The molecule has 1 aromatic heterocycles. The van der Waals surface area contributed by atoms with Crippen molar-refractivity contribution in [1.82, 2.24) is 10.2 Å². The monoisotopic (exact) mass is 318 g/mol. The lowest BCUT2D eigenvalue weighted by Gasteiger charge is -2.06. The number of benzene rings is 1. The maximum Gasteiger partial charge on any atom is 0.210 e. The Kier molecular flexibility index (Phi) is 5.59. The largest absolute Gasteiger partial charge is 0.330 e. The fraction of sp³-hybridized carbons (Fsp3) is 0.400. The summed E-state index contributed by atoms with van der Waals surface area (Å²) < 4.78 is 0.887. The summed E-state index contributed by atoms with van der Waals surface area (Å²) in [7, 11) is 0. The molecular weight excluding hydrogens is 300 g/mol. The number of hydrogen-bond acceptors (Lipinski definition) is 6. The van der Waals surface area contributed by atoms with Crippen molar-refractivity contribution in [2.75, 3.05) is 11.1 Å². The Morgan fingerprint density at radius 1 is 1.24 bits per heavy atom. The van der Waals surface area contributed by atoms with Crippen LogP contribution in [0, 0.1) is 17.2 Å². The third kappa shape index (κ3) is 4.73. The Bertz CT molecular complexity index is 613. The lowest BCUT2D eigenvalue weighted by molar-refractivity contribution is 0.862. The van der Waals surface area contributed by atoms with E-state index in [2.05, 4.69) is 59.7 Å². The Morgan fingerprint density at radius 3 is 2.57 bits per heavy atom. The molecule has 6 heteroatoms. The number of nitrogens with zero attached hydrogens (tertiary/aromatic N) is 3. The number of aromatic nitrogens is 2. The first-order valence-corrected chi connectivity index (χ1v) is 8.61. The normalized spacial score (nSPS) is 12.1. The van der Waals surface area contributed by atoms with Gasteiger partial charge in [-0.05, 0) is 30.5 Å². The first kappa shape index (κ1) is 15.8. The van der Waals surface area contributed by atoms with Crippen molar-refractivity contribution in [3.8, 4) is 6.07 Å². The third-order valence-electron chi connectivity index (χ3n) is 2.91. The summed E-state index contributed by atoms with van der Waals surface area (Å²) in [4.78, 5) is 0. The molecular formula is C15H18N4S2. The van der Waals surface area contributed by atoms with E-state index in [1.807, 2.05) is 6.92 Å². The fourth-order valence-corrected chi connectivity index (χ4v) is 3.37. The van der Waals surface area contributed by atoms with Crippen LogP contribution in [0.25, 0.3) is 0 Å². The lowest BCUT2D eigenvalue weighted by atomic mass is 10.0. The van der Waals surface area contributed by atoms with Crippen LogP contribution in [0.2, 0.25) is 0 Å². The number of thioether (sulfide) groups is 1. The van der Waals surface area contributed by atoms with Crippen molar-refractivity contribution in [3.63, 3.8) is 0 Å². The van der Waals surface area contributed by atoms with E-state index in [0.717, 1.165) is 20.9 Å². The molecule has 1 heterocycles. The molecule has 0 fully saturated rings. The molecule has 0 radical (unpaired) electrons. The minimum atomic E-state index is 0.0267. The Labute approximate surface area is 133 Å². The molecule has 21 heavy (non-hydrogen) atoms. The summed E-state index contributed by atoms with van der Waals surface area (Å²) in [5, 5.41) is 21.1. The van der Waals surface area contributed by atoms with Gasteiger partial charge in [-0.1, -0.05) is 49.1 Å². The van der Waals surface area contributed by atoms with E-state index in [4.69, 9.17) is 5.26 Å². The molecule has 0 aliphatic carbocycles. The van der Waals surface area contributed by atoms with E-state index < -0.39 is 0 Å². The molecule has 0 unspecified atom stereocenters. The van der Waals surface area contributed by atoms with Crippen LogP contribution in [0.4, 0.5) is 10.8 Å². The first-order valence-electron chi connectivity index (χ1n) is 6.81. The highest BCUT2D eigenvalue weighted by Crippen LogP contribution is 2.29. The number of rotatable bonds is 6. The number of anilines is 2. The highest BCUT2D eigenvalue weighted by molar-refractivity contribution is 8.01. The van der Waals surface area contributed by atoms with Gasteiger partial charge in [0.1, 0.15) is 0 Å². The van der Waals surface area contributed by atoms with E-state index in [1.54, 1.807) is 11.8 Å². The molecule has 110 valence electrons. The average Bonchev–Trinajstić information content (AvgIpc) is 2.93. The molecule has 1 atom stereocenters. The summed E-state index contributed by atoms with van der Waals surface area (Å²) >= 11 is 3.08. The van der Waals surface area contributed by atoms with Crippen LogP contribution in [0.15, 0.2) is 28.6 Å². The maximum absolute atomic E-state index is 8.77. The zero-order valence-corrected chi connectivity index (χ0v) is 14.0. The second kappa shape index (κ2) is 7.43. The van der Waals surface area contributed by atoms with E-state index in [0.29, 0.717) is 5.92 Å². The minimum Gasteiger partial charge on any atom is -0.330 e. The molecule has 0 spiro atoms. The number of nitriles is 1. The van der Waals surface area contributed by atoms with Crippen molar-refractivity contribution in [2.45, 2.75) is 31.0 Å². The van der Waals surface area contributed by atoms with Gasteiger partial charge in [0.25, 0.3) is 0 Å². The second-order valence-corrected chi connectivity index (χ2v) is 7.36. The molecule has 1 N–H and O–H groups in total. The second-order valence-electron chi connectivity index (χ2n) is 5.12. The predicted octanol–water partition coefficient (Wildman–Crippen LogP) is 4.66. The van der Waals surface area contributed by atoms with Crippen LogP contribution in [-0.2, 0) is 0 Å². The van der Waals surface area contributed by atoms with Gasteiger partial charge >= 0.3 is 0 Å². The van der Waals surface area contributed by atoms with Crippen molar-refractivity contribution < 1.29 is 0 Å². The zero-order valence-electron chi connectivity index (χ0n) is 12.3. The first-order chi connectivity index (χ1) is 10.1. The van der Waals surface area contributed by atoms with Gasteiger partial charge in [-0.25, -0.2) is 0 Å². The van der Waals surface area contributed by atoms with Gasteiger partial charge in [0.2, 0.25) is 5.13 Å². The highest BCUT2D eigenvalue weighted by Gasteiger charge is 2.08. The molecule has 0 saturated carbocycles. The van der Waals surface area contributed by atoms with Crippen LogP contribution < -0.4 is 5.32 Å². The van der Waals surface area contributed by atoms with E-state index in [1.165, 1.54) is 16.9 Å². The minimum absolute atomic E-state index is 0.0267. The SMILES string of the molecule is CC(C)c1ccc(Nc2nnc(SC[C@H](C)C#N)s2)cc1. The third-order valence-corrected chi connectivity index (χ3v) is 5.14. The van der Waals surface area contributed by atoms with Gasteiger partial charge in [0, 0.05) is 11.4 Å². The summed E-state index contributed by atoms with van der Waals surface area (Å²) in [6.45, 7) is 6.27. The van der Waals surface area contributed by atoms with E-state index >= 15 is 0 Å². The Balaban J connectivity index is 1.94. The zero-order chi connectivity index (χ0) is 15.2. The van der Waals surface area contributed by atoms with Gasteiger partial charge in [-0.3, -0.25) is 0 Å². The standard InChI is InChI=1S/C15H18N4S2/c1-10(2)12-4-6-13(7-5-12)17-14-18-19-15(21-14)20-9-11(3)8-16/h4-7,10-11H,9H2,1-3H3,(H,17,18)/t11-/m1/s1.